The van der Waals surface area contributed by atoms with Gasteiger partial charge in [-0.25, -0.2) is 0 Å². The molecule has 0 aromatic heterocycles. The van der Waals surface area contributed by atoms with Gasteiger partial charge in [0.1, 0.15) is 11.5 Å². The Balaban J connectivity index is 1.44. The van der Waals surface area contributed by atoms with Gasteiger partial charge in [-0.3, -0.25) is 0 Å². The third-order valence-corrected chi connectivity index (χ3v) is 8.55. The largest absolute Gasteiger partial charge is 0.494 e. The summed E-state index contributed by atoms with van der Waals surface area (Å²) >= 11 is 3.54. The summed E-state index contributed by atoms with van der Waals surface area (Å²) in [5.74, 6) is 1.84. The predicted octanol–water partition coefficient (Wildman–Crippen LogP) is 13.1. The molecule has 0 aliphatic carbocycles. The number of unbranched alkanes of at least 4 members (excludes halogenated alkanes) is 10. The van der Waals surface area contributed by atoms with Crippen molar-refractivity contribution in [3.05, 3.63) is 102 Å². The minimum Gasteiger partial charge on any atom is -0.494 e. The SMILES string of the molecule is CCCCCCCCOc1ccc(N(c2ccc(OCCCCCCCC)cc2)c2ccc(-c3ccc(Br)cc3)cc2)cc1. The number of benzene rings is 4. The summed E-state index contributed by atoms with van der Waals surface area (Å²) in [6.07, 6.45) is 15.2. The average Bonchev–Trinajstić information content (AvgIpc) is 3.06. The normalized spacial score (nSPS) is 11.0. The Labute approximate surface area is 274 Å². The van der Waals surface area contributed by atoms with E-state index in [1.807, 2.05) is 0 Å². The van der Waals surface area contributed by atoms with Crippen molar-refractivity contribution in [2.24, 2.45) is 0 Å². The van der Waals surface area contributed by atoms with E-state index in [0.29, 0.717) is 0 Å². The highest BCUT2D eigenvalue weighted by atomic mass is 79.9. The number of hydrogen-bond donors (Lipinski definition) is 0. The molecule has 0 saturated carbocycles. The van der Waals surface area contributed by atoms with Crippen molar-refractivity contribution < 1.29 is 9.47 Å². The van der Waals surface area contributed by atoms with Crippen LogP contribution in [-0.2, 0) is 0 Å². The van der Waals surface area contributed by atoms with E-state index in [1.54, 1.807) is 0 Å². The maximum Gasteiger partial charge on any atom is 0.119 e. The van der Waals surface area contributed by atoms with Gasteiger partial charge in [-0.15, -0.1) is 0 Å². The Morgan fingerprint density at radius 3 is 1.18 bits per heavy atom. The zero-order chi connectivity index (χ0) is 30.8. The number of nitrogens with zero attached hydrogens (tertiary/aromatic N) is 1. The van der Waals surface area contributed by atoms with Crippen LogP contribution >= 0.6 is 15.9 Å². The highest BCUT2D eigenvalue weighted by molar-refractivity contribution is 9.10. The van der Waals surface area contributed by atoms with Gasteiger partial charge in [0.25, 0.3) is 0 Å². The lowest BCUT2D eigenvalue weighted by Gasteiger charge is -2.26. The summed E-state index contributed by atoms with van der Waals surface area (Å²) in [4.78, 5) is 2.29. The summed E-state index contributed by atoms with van der Waals surface area (Å²) in [6.45, 7) is 6.06. The number of ether oxygens (including phenoxy) is 2. The van der Waals surface area contributed by atoms with E-state index >= 15 is 0 Å². The van der Waals surface area contributed by atoms with Crippen LogP contribution in [0.25, 0.3) is 11.1 Å². The fourth-order valence-corrected chi connectivity index (χ4v) is 5.68. The molecule has 4 heteroatoms. The maximum atomic E-state index is 6.08. The van der Waals surface area contributed by atoms with E-state index in [4.69, 9.17) is 9.47 Å². The van der Waals surface area contributed by atoms with Gasteiger partial charge in [0.05, 0.1) is 13.2 Å². The second kappa shape index (κ2) is 19.2. The zero-order valence-electron chi connectivity index (χ0n) is 26.8. The van der Waals surface area contributed by atoms with Crippen LogP contribution in [0, 0.1) is 0 Å². The third kappa shape index (κ3) is 11.0. The summed E-state index contributed by atoms with van der Waals surface area (Å²) in [5.41, 5.74) is 5.68. The molecule has 4 rings (SSSR count). The van der Waals surface area contributed by atoms with E-state index in [0.717, 1.165) is 59.1 Å². The molecule has 0 saturated heterocycles. The molecule has 0 spiro atoms. The molecule has 0 aliphatic heterocycles. The van der Waals surface area contributed by atoms with Crippen LogP contribution in [0.15, 0.2) is 102 Å². The van der Waals surface area contributed by atoms with Crippen molar-refractivity contribution in [2.45, 2.75) is 90.9 Å². The first-order valence-corrected chi connectivity index (χ1v) is 17.6. The van der Waals surface area contributed by atoms with Gasteiger partial charge in [-0.05, 0) is 96.8 Å². The summed E-state index contributed by atoms with van der Waals surface area (Å²) in [6, 6.07) is 34.2. The Morgan fingerprint density at radius 2 is 0.773 bits per heavy atom. The molecule has 4 aromatic rings. The van der Waals surface area contributed by atoms with E-state index in [-0.39, 0.29) is 0 Å². The molecule has 44 heavy (non-hydrogen) atoms. The van der Waals surface area contributed by atoms with Gasteiger partial charge in [0.15, 0.2) is 0 Å². The van der Waals surface area contributed by atoms with Crippen molar-refractivity contribution in [3.8, 4) is 22.6 Å². The topological polar surface area (TPSA) is 21.7 Å². The van der Waals surface area contributed by atoms with Crippen LogP contribution in [-0.4, -0.2) is 13.2 Å². The van der Waals surface area contributed by atoms with Crippen molar-refractivity contribution in [1.82, 2.24) is 0 Å². The Morgan fingerprint density at radius 1 is 0.432 bits per heavy atom. The highest BCUT2D eigenvalue weighted by Gasteiger charge is 2.13. The molecule has 0 N–H and O–H groups in total. The third-order valence-electron chi connectivity index (χ3n) is 8.03. The van der Waals surface area contributed by atoms with E-state index in [2.05, 4.69) is 132 Å². The van der Waals surface area contributed by atoms with Gasteiger partial charge in [-0.1, -0.05) is 118 Å². The van der Waals surface area contributed by atoms with Crippen molar-refractivity contribution in [1.29, 1.82) is 0 Å². The van der Waals surface area contributed by atoms with E-state index in [1.165, 1.54) is 75.3 Å². The van der Waals surface area contributed by atoms with Crippen LogP contribution in [0.4, 0.5) is 17.1 Å². The fraction of sp³-hybridized carbons (Fsp3) is 0.400. The first kappa shape index (κ1) is 33.6. The second-order valence-corrected chi connectivity index (χ2v) is 12.5. The molecule has 0 bridgehead atoms. The smallest absolute Gasteiger partial charge is 0.119 e. The molecule has 0 amide bonds. The molecule has 0 fully saturated rings. The van der Waals surface area contributed by atoms with Crippen molar-refractivity contribution in [2.75, 3.05) is 18.1 Å². The van der Waals surface area contributed by atoms with Crippen molar-refractivity contribution in [3.63, 3.8) is 0 Å². The Hall–Kier alpha value is -3.24. The summed E-state index contributed by atoms with van der Waals surface area (Å²) in [7, 11) is 0. The summed E-state index contributed by atoms with van der Waals surface area (Å²) < 4.78 is 13.3. The second-order valence-electron chi connectivity index (χ2n) is 11.6. The van der Waals surface area contributed by atoms with Gasteiger partial charge >= 0.3 is 0 Å². The van der Waals surface area contributed by atoms with Crippen LogP contribution in [0.3, 0.4) is 0 Å². The fourth-order valence-electron chi connectivity index (χ4n) is 5.42. The van der Waals surface area contributed by atoms with E-state index in [9.17, 15) is 0 Å². The van der Waals surface area contributed by atoms with Crippen LogP contribution in [0.5, 0.6) is 11.5 Å². The first-order valence-electron chi connectivity index (χ1n) is 16.8. The molecule has 3 nitrogen and oxygen atoms in total. The lowest BCUT2D eigenvalue weighted by molar-refractivity contribution is 0.304. The van der Waals surface area contributed by atoms with Gasteiger partial charge in [-0.2, -0.15) is 0 Å². The Bertz CT molecular complexity index is 1260. The minimum atomic E-state index is 0.771. The number of hydrogen-bond acceptors (Lipinski definition) is 3. The minimum absolute atomic E-state index is 0.771. The number of halogens is 1. The van der Waals surface area contributed by atoms with Gasteiger partial charge in [0, 0.05) is 21.5 Å². The van der Waals surface area contributed by atoms with E-state index < -0.39 is 0 Å². The lowest BCUT2D eigenvalue weighted by Crippen LogP contribution is -2.10. The predicted molar refractivity (Wildman–Crippen MR) is 192 cm³/mol. The van der Waals surface area contributed by atoms with Gasteiger partial charge in [0.2, 0.25) is 0 Å². The molecule has 0 unspecified atom stereocenters. The van der Waals surface area contributed by atoms with Crippen LogP contribution < -0.4 is 14.4 Å². The molecule has 0 heterocycles. The molecule has 4 aromatic carbocycles. The average molecular weight is 657 g/mol. The quantitative estimate of drug-likeness (QED) is 0.0884. The monoisotopic (exact) mass is 655 g/mol. The molecular formula is C40H50BrNO2. The zero-order valence-corrected chi connectivity index (χ0v) is 28.4. The number of rotatable bonds is 20. The molecular weight excluding hydrogens is 606 g/mol. The standard InChI is InChI=1S/C40H50BrNO2/c1-3-5-7-9-11-13-31-43-39-27-23-37(24-28-39)42(36-21-17-34(18-22-36)33-15-19-35(41)20-16-33)38-25-29-40(30-26-38)44-32-14-12-10-8-6-4-2/h15-30H,3-14,31-32H2,1-2H3. The molecule has 234 valence electrons. The molecule has 0 radical (unpaired) electrons. The summed E-state index contributed by atoms with van der Waals surface area (Å²) in [5, 5.41) is 0. The number of anilines is 3. The Kier molecular flexibility index (Phi) is 14.7. The first-order chi connectivity index (χ1) is 21.7. The van der Waals surface area contributed by atoms with Gasteiger partial charge < -0.3 is 14.4 Å². The van der Waals surface area contributed by atoms with Crippen LogP contribution in [0.2, 0.25) is 0 Å². The molecule has 0 atom stereocenters. The molecule has 0 aliphatic rings. The van der Waals surface area contributed by atoms with Crippen molar-refractivity contribution >= 4 is 33.0 Å². The van der Waals surface area contributed by atoms with Crippen LogP contribution in [0.1, 0.15) is 90.9 Å². The lowest BCUT2D eigenvalue weighted by atomic mass is 10.0. The maximum absolute atomic E-state index is 6.08. The highest BCUT2D eigenvalue weighted by Crippen LogP contribution is 2.37.